The van der Waals surface area contributed by atoms with E-state index >= 15 is 4.39 Å². The summed E-state index contributed by atoms with van der Waals surface area (Å²) in [5, 5.41) is 16.3. The van der Waals surface area contributed by atoms with Gasteiger partial charge in [-0.05, 0) is 24.1 Å². The molecule has 0 radical (unpaired) electrons. The van der Waals surface area contributed by atoms with Gasteiger partial charge >= 0.3 is 0 Å². The summed E-state index contributed by atoms with van der Waals surface area (Å²) in [6.45, 7) is 1.06. The Morgan fingerprint density at radius 1 is 1.37 bits per heavy atom. The van der Waals surface area contributed by atoms with Crippen LogP contribution in [0.15, 0.2) is 30.6 Å². The zero-order chi connectivity index (χ0) is 19.1. The van der Waals surface area contributed by atoms with Gasteiger partial charge in [0.05, 0.1) is 11.7 Å². The normalized spacial score (nSPS) is 16.7. The summed E-state index contributed by atoms with van der Waals surface area (Å²) >= 11 is 0. The van der Waals surface area contributed by atoms with Crippen LogP contribution in [0.2, 0.25) is 0 Å². The number of carbonyl (C=O) groups is 1. The summed E-state index contributed by atoms with van der Waals surface area (Å²) in [6.07, 6.45) is 6.32. The number of hydrogen-bond donors (Lipinski definition) is 1. The third-order valence-corrected chi connectivity index (χ3v) is 5.06. The van der Waals surface area contributed by atoms with Crippen molar-refractivity contribution in [2.24, 2.45) is 14.1 Å². The summed E-state index contributed by atoms with van der Waals surface area (Å²) in [4.78, 5) is 14.3. The van der Waals surface area contributed by atoms with Gasteiger partial charge in [0.2, 0.25) is 0 Å². The monoisotopic (exact) mass is 366 g/mol. The van der Waals surface area contributed by atoms with E-state index in [2.05, 4.69) is 16.6 Å². The van der Waals surface area contributed by atoms with E-state index in [0.717, 1.165) is 11.1 Å². The van der Waals surface area contributed by atoms with Gasteiger partial charge in [-0.25, -0.2) is 4.39 Å². The zero-order valence-electron chi connectivity index (χ0n) is 15.1. The van der Waals surface area contributed by atoms with Gasteiger partial charge in [-0.3, -0.25) is 9.48 Å². The van der Waals surface area contributed by atoms with E-state index < -0.39 is 11.7 Å². The molecule has 1 fully saturated rings. The maximum Gasteiger partial charge on any atom is 0.271 e. The smallest absolute Gasteiger partial charge is 0.271 e. The molecular formula is C19H19FN6O. The van der Waals surface area contributed by atoms with Crippen LogP contribution in [0, 0.1) is 17.3 Å². The van der Waals surface area contributed by atoms with Crippen molar-refractivity contribution >= 4 is 16.8 Å². The Bertz CT molecular complexity index is 1080. The Kier molecular flexibility index (Phi) is 4.07. The molecule has 1 saturated heterocycles. The molecule has 3 heterocycles. The highest BCUT2D eigenvalue weighted by atomic mass is 19.1. The predicted octanol–water partition coefficient (Wildman–Crippen LogP) is 2.00. The number of benzene rings is 1. The average Bonchev–Trinajstić information content (AvgIpc) is 3.34. The first kappa shape index (κ1) is 17.1. The molecular weight excluding hydrogens is 347 g/mol. The van der Waals surface area contributed by atoms with Crippen molar-refractivity contribution in [2.45, 2.75) is 12.5 Å². The maximum absolute atomic E-state index is 15.1. The molecule has 0 saturated carbocycles. The highest BCUT2D eigenvalue weighted by Crippen LogP contribution is 2.29. The third-order valence-electron chi connectivity index (χ3n) is 5.06. The standard InChI is InChI=1S/C19H19FN6O/c1-24-9-13(8-22-24)12-3-4-16-15(7-12)17(20)18(25(16)2)19(27)23-14-5-6-26(10-14)11-21/h3-4,7-9,14H,5-6,10H2,1-2H3,(H,23,27). The molecule has 1 aliphatic heterocycles. The molecule has 1 unspecified atom stereocenters. The van der Waals surface area contributed by atoms with Gasteiger partial charge in [-0.2, -0.15) is 10.4 Å². The summed E-state index contributed by atoms with van der Waals surface area (Å²) in [5.41, 5.74) is 2.38. The van der Waals surface area contributed by atoms with Crippen LogP contribution in [-0.4, -0.2) is 44.3 Å². The second kappa shape index (κ2) is 6.43. The summed E-state index contributed by atoms with van der Waals surface area (Å²) < 4.78 is 18.4. The lowest BCUT2D eigenvalue weighted by molar-refractivity contribution is 0.0926. The summed E-state index contributed by atoms with van der Waals surface area (Å²) in [5.74, 6) is -0.996. The van der Waals surface area contributed by atoms with Crippen LogP contribution in [0.3, 0.4) is 0 Å². The summed E-state index contributed by atoms with van der Waals surface area (Å²) in [6, 6.07) is 5.29. The van der Waals surface area contributed by atoms with Gasteiger partial charge in [0.1, 0.15) is 5.69 Å². The van der Waals surface area contributed by atoms with Crippen molar-refractivity contribution in [1.82, 2.24) is 24.6 Å². The topological polar surface area (TPSA) is 78.9 Å². The van der Waals surface area contributed by atoms with Crippen molar-refractivity contribution in [1.29, 1.82) is 5.26 Å². The molecule has 1 atom stereocenters. The molecule has 0 aliphatic carbocycles. The Labute approximate surface area is 155 Å². The van der Waals surface area contributed by atoms with E-state index in [4.69, 9.17) is 5.26 Å². The molecule has 3 aromatic rings. The minimum atomic E-state index is -0.536. The fraction of sp³-hybridized carbons (Fsp3) is 0.316. The van der Waals surface area contributed by atoms with E-state index in [1.807, 2.05) is 25.4 Å². The third kappa shape index (κ3) is 2.91. The van der Waals surface area contributed by atoms with Gasteiger partial charge in [-0.15, -0.1) is 0 Å². The number of nitrogens with zero attached hydrogens (tertiary/aromatic N) is 5. The average molecular weight is 366 g/mol. The number of halogens is 1. The molecule has 1 N–H and O–H groups in total. The quantitative estimate of drug-likeness (QED) is 0.719. The van der Waals surface area contributed by atoms with Gasteiger partial charge in [-0.1, -0.05) is 6.07 Å². The van der Waals surface area contributed by atoms with E-state index in [1.165, 1.54) is 0 Å². The molecule has 0 spiro atoms. The van der Waals surface area contributed by atoms with Crippen molar-refractivity contribution < 1.29 is 9.18 Å². The lowest BCUT2D eigenvalue weighted by atomic mass is 10.1. The Balaban J connectivity index is 1.67. The van der Waals surface area contributed by atoms with Gasteiger partial charge in [0.25, 0.3) is 5.91 Å². The second-order valence-corrected chi connectivity index (χ2v) is 6.86. The van der Waals surface area contributed by atoms with Crippen molar-refractivity contribution in [3.8, 4) is 17.3 Å². The van der Waals surface area contributed by atoms with Gasteiger partial charge in [0.15, 0.2) is 12.0 Å². The molecule has 1 aliphatic rings. The Hall–Kier alpha value is -3.34. The Morgan fingerprint density at radius 3 is 2.85 bits per heavy atom. The lowest BCUT2D eigenvalue weighted by Gasteiger charge is -2.12. The molecule has 1 aromatic carbocycles. The second-order valence-electron chi connectivity index (χ2n) is 6.86. The predicted molar refractivity (Wildman–Crippen MR) is 98.1 cm³/mol. The lowest BCUT2D eigenvalue weighted by Crippen LogP contribution is -2.37. The van der Waals surface area contributed by atoms with Crippen LogP contribution in [-0.2, 0) is 14.1 Å². The zero-order valence-corrected chi connectivity index (χ0v) is 15.1. The largest absolute Gasteiger partial charge is 0.346 e. The number of amides is 1. The van der Waals surface area contributed by atoms with Crippen LogP contribution in [0.5, 0.6) is 0 Å². The highest BCUT2D eigenvalue weighted by Gasteiger charge is 2.27. The van der Waals surface area contributed by atoms with Gasteiger partial charge in [0, 0.05) is 50.4 Å². The number of rotatable bonds is 3. The van der Waals surface area contributed by atoms with Crippen molar-refractivity contribution in [3.63, 3.8) is 0 Å². The summed E-state index contributed by atoms with van der Waals surface area (Å²) in [7, 11) is 3.50. The van der Waals surface area contributed by atoms with E-state index in [0.29, 0.717) is 30.4 Å². The molecule has 8 heteroatoms. The van der Waals surface area contributed by atoms with Gasteiger partial charge < -0.3 is 14.8 Å². The van der Waals surface area contributed by atoms with Crippen LogP contribution < -0.4 is 5.32 Å². The molecule has 0 bridgehead atoms. The fourth-order valence-electron chi connectivity index (χ4n) is 3.62. The van der Waals surface area contributed by atoms with Crippen LogP contribution in [0.4, 0.5) is 4.39 Å². The van der Waals surface area contributed by atoms with Crippen LogP contribution >= 0.6 is 0 Å². The molecule has 27 heavy (non-hydrogen) atoms. The first-order chi connectivity index (χ1) is 13.0. The van der Waals surface area contributed by atoms with Crippen molar-refractivity contribution in [2.75, 3.05) is 13.1 Å². The number of aryl methyl sites for hydroxylation is 2. The number of nitrogens with one attached hydrogen (secondary N) is 1. The molecule has 1 amide bonds. The molecule has 7 nitrogen and oxygen atoms in total. The number of likely N-dealkylation sites (tertiary alicyclic amines) is 1. The fourth-order valence-corrected chi connectivity index (χ4v) is 3.62. The minimum absolute atomic E-state index is 0.00347. The van der Waals surface area contributed by atoms with E-state index in [1.54, 1.807) is 33.5 Å². The minimum Gasteiger partial charge on any atom is -0.346 e. The van der Waals surface area contributed by atoms with Crippen LogP contribution in [0.25, 0.3) is 22.0 Å². The number of nitriles is 1. The van der Waals surface area contributed by atoms with Crippen LogP contribution in [0.1, 0.15) is 16.9 Å². The van der Waals surface area contributed by atoms with Crippen molar-refractivity contribution in [3.05, 3.63) is 42.1 Å². The Morgan fingerprint density at radius 2 is 2.19 bits per heavy atom. The number of aromatic nitrogens is 3. The first-order valence-electron chi connectivity index (χ1n) is 8.70. The first-order valence-corrected chi connectivity index (χ1v) is 8.70. The molecule has 2 aromatic heterocycles. The van der Waals surface area contributed by atoms with E-state index in [9.17, 15) is 4.79 Å². The molecule has 4 rings (SSSR count). The maximum atomic E-state index is 15.1. The SMILES string of the molecule is Cn1cc(-c2ccc3c(c2)c(F)c(C(=O)NC2CCN(C#N)C2)n3C)cn1. The number of fused-ring (bicyclic) bond motifs is 1. The van der Waals surface area contributed by atoms with E-state index in [-0.39, 0.29) is 11.7 Å². The number of hydrogen-bond acceptors (Lipinski definition) is 4. The highest BCUT2D eigenvalue weighted by molar-refractivity contribution is 6.00. The molecule has 138 valence electrons. The number of carbonyl (C=O) groups excluding carboxylic acids is 1.